The van der Waals surface area contributed by atoms with E-state index in [0.717, 1.165) is 61.5 Å². The number of benzene rings is 1. The van der Waals surface area contributed by atoms with E-state index in [-0.39, 0.29) is 12.0 Å². The van der Waals surface area contributed by atoms with E-state index in [9.17, 15) is 4.79 Å². The largest absolute Gasteiger partial charge is 0.493 e. The number of carbonyl (C=O) groups excluding carboxylic acids is 1. The van der Waals surface area contributed by atoms with E-state index in [2.05, 4.69) is 5.16 Å². The molecule has 6 nitrogen and oxygen atoms in total. The van der Waals surface area contributed by atoms with E-state index in [1.807, 2.05) is 23.1 Å². The summed E-state index contributed by atoms with van der Waals surface area (Å²) in [6.07, 6.45) is 8.22. The van der Waals surface area contributed by atoms with Crippen molar-refractivity contribution < 1.29 is 19.1 Å². The molecule has 2 heterocycles. The normalized spacial score (nSPS) is 23.1. The van der Waals surface area contributed by atoms with Gasteiger partial charge in [-0.3, -0.25) is 4.79 Å². The lowest BCUT2D eigenvalue weighted by molar-refractivity contribution is -0.143. The molecule has 0 bridgehead atoms. The minimum Gasteiger partial charge on any atom is -0.493 e. The molecule has 1 aromatic carbocycles. The molecule has 1 aliphatic carbocycles. The predicted molar refractivity (Wildman–Crippen MR) is 102 cm³/mol. The highest BCUT2D eigenvalue weighted by atomic mass is 16.6. The Morgan fingerprint density at radius 2 is 1.89 bits per heavy atom. The molecule has 4 rings (SSSR count). The van der Waals surface area contributed by atoms with Crippen LogP contribution < -0.4 is 9.47 Å². The highest BCUT2D eigenvalue weighted by Gasteiger charge is 2.33. The molecule has 146 valence electrons. The molecule has 2 aliphatic heterocycles. The second kappa shape index (κ2) is 8.19. The van der Waals surface area contributed by atoms with Crippen LogP contribution in [0.25, 0.3) is 0 Å². The fourth-order valence-electron chi connectivity index (χ4n) is 4.13. The minimum atomic E-state index is -0.501. The number of amides is 1. The molecule has 1 saturated heterocycles. The zero-order valence-electron chi connectivity index (χ0n) is 16.0. The average Bonchev–Trinajstić information content (AvgIpc) is 3.40. The average molecular weight is 372 g/mol. The zero-order chi connectivity index (χ0) is 18.6. The van der Waals surface area contributed by atoms with Gasteiger partial charge in [0.2, 0.25) is 6.10 Å². The molecule has 0 aromatic heterocycles. The van der Waals surface area contributed by atoms with Crippen molar-refractivity contribution in [3.63, 3.8) is 0 Å². The smallest absolute Gasteiger partial charge is 0.266 e. The topological polar surface area (TPSA) is 60.4 Å². The highest BCUT2D eigenvalue weighted by Crippen LogP contribution is 2.33. The maximum atomic E-state index is 12.7. The fraction of sp³-hybridized carbons (Fsp3) is 0.619. The molecule has 1 atom stereocenters. The summed E-state index contributed by atoms with van der Waals surface area (Å²) in [4.78, 5) is 20.1. The fourth-order valence-corrected chi connectivity index (χ4v) is 4.13. The summed E-state index contributed by atoms with van der Waals surface area (Å²) in [6.45, 7) is 1.66. The third-order valence-corrected chi connectivity index (χ3v) is 5.70. The van der Waals surface area contributed by atoms with Crippen LogP contribution in [0.4, 0.5) is 0 Å². The number of rotatable bonds is 5. The molecule has 3 aliphatic rings. The maximum Gasteiger partial charge on any atom is 0.266 e. The van der Waals surface area contributed by atoms with Crippen molar-refractivity contribution in [2.45, 2.75) is 63.6 Å². The Balaban J connectivity index is 1.44. The second-order valence-electron chi connectivity index (χ2n) is 7.61. The number of hydrogen-bond acceptors (Lipinski definition) is 5. The van der Waals surface area contributed by atoms with Gasteiger partial charge in [-0.25, -0.2) is 0 Å². The molecule has 0 N–H and O–H groups in total. The summed E-state index contributed by atoms with van der Waals surface area (Å²) >= 11 is 0. The van der Waals surface area contributed by atoms with Crippen LogP contribution in [-0.4, -0.2) is 48.9 Å². The van der Waals surface area contributed by atoms with Gasteiger partial charge in [0.05, 0.1) is 18.9 Å². The molecule has 1 amide bonds. The standard InChI is InChI=1S/C21H28N2O4/c1-25-18-10-9-15(13-19(18)26-16-7-3-4-8-16)17-14-20(27-22-17)21(24)23-11-5-2-6-12-23/h9-10,13,16,20H,2-8,11-12,14H2,1H3. The SMILES string of the molecule is COc1ccc(C2=NOC(C(=O)N3CCCCC3)C2)cc1OC1CCCC1. The van der Waals surface area contributed by atoms with Crippen LogP contribution in [0, 0.1) is 0 Å². The van der Waals surface area contributed by atoms with Gasteiger partial charge in [-0.2, -0.15) is 0 Å². The first-order valence-corrected chi connectivity index (χ1v) is 10.1. The van der Waals surface area contributed by atoms with Gasteiger partial charge >= 0.3 is 0 Å². The first-order valence-electron chi connectivity index (χ1n) is 10.1. The van der Waals surface area contributed by atoms with Gasteiger partial charge in [0, 0.05) is 25.1 Å². The molecule has 1 aromatic rings. The molecule has 0 radical (unpaired) electrons. The number of ether oxygens (including phenoxy) is 2. The Kier molecular flexibility index (Phi) is 5.50. The number of hydrogen-bond donors (Lipinski definition) is 0. The second-order valence-corrected chi connectivity index (χ2v) is 7.61. The number of oxime groups is 1. The molecule has 0 spiro atoms. The number of carbonyl (C=O) groups is 1. The van der Waals surface area contributed by atoms with Gasteiger partial charge < -0.3 is 19.2 Å². The Morgan fingerprint density at radius 3 is 2.63 bits per heavy atom. The van der Waals surface area contributed by atoms with Crippen molar-refractivity contribution in [3.8, 4) is 11.5 Å². The quantitative estimate of drug-likeness (QED) is 0.793. The third kappa shape index (κ3) is 4.04. The summed E-state index contributed by atoms with van der Waals surface area (Å²) in [7, 11) is 1.65. The van der Waals surface area contributed by atoms with Crippen molar-refractivity contribution in [1.82, 2.24) is 4.90 Å². The van der Waals surface area contributed by atoms with Crippen LogP contribution >= 0.6 is 0 Å². The minimum absolute atomic E-state index is 0.0596. The van der Waals surface area contributed by atoms with Crippen molar-refractivity contribution in [2.24, 2.45) is 5.16 Å². The molecular formula is C21H28N2O4. The molecule has 6 heteroatoms. The van der Waals surface area contributed by atoms with Gasteiger partial charge in [0.1, 0.15) is 0 Å². The predicted octanol–water partition coefficient (Wildman–Crippen LogP) is 3.52. The highest BCUT2D eigenvalue weighted by molar-refractivity contribution is 6.04. The van der Waals surface area contributed by atoms with Crippen LogP contribution in [-0.2, 0) is 9.63 Å². The van der Waals surface area contributed by atoms with E-state index in [1.54, 1.807) is 7.11 Å². The van der Waals surface area contributed by atoms with Crippen LogP contribution in [0.5, 0.6) is 11.5 Å². The van der Waals surface area contributed by atoms with Crippen LogP contribution in [0.2, 0.25) is 0 Å². The van der Waals surface area contributed by atoms with Crippen LogP contribution in [0.1, 0.15) is 56.9 Å². The van der Waals surface area contributed by atoms with E-state index in [1.165, 1.54) is 19.3 Å². The monoisotopic (exact) mass is 372 g/mol. The summed E-state index contributed by atoms with van der Waals surface area (Å²) in [6, 6.07) is 5.82. The number of piperidine rings is 1. The molecule has 1 saturated carbocycles. The molecule has 1 unspecified atom stereocenters. The van der Waals surface area contributed by atoms with Gasteiger partial charge in [-0.15, -0.1) is 0 Å². The van der Waals surface area contributed by atoms with Crippen molar-refractivity contribution in [2.75, 3.05) is 20.2 Å². The number of nitrogens with zero attached hydrogens (tertiary/aromatic N) is 2. The lowest BCUT2D eigenvalue weighted by Crippen LogP contribution is -2.42. The lowest BCUT2D eigenvalue weighted by Gasteiger charge is -2.28. The van der Waals surface area contributed by atoms with Crippen molar-refractivity contribution in [3.05, 3.63) is 23.8 Å². The van der Waals surface area contributed by atoms with E-state index in [0.29, 0.717) is 6.42 Å². The summed E-state index contributed by atoms with van der Waals surface area (Å²) < 4.78 is 11.6. The Hall–Kier alpha value is -2.24. The Bertz CT molecular complexity index is 706. The lowest BCUT2D eigenvalue weighted by atomic mass is 10.0. The van der Waals surface area contributed by atoms with Crippen molar-refractivity contribution >= 4 is 11.6 Å². The first-order chi connectivity index (χ1) is 13.2. The third-order valence-electron chi connectivity index (χ3n) is 5.70. The number of likely N-dealkylation sites (tertiary alicyclic amines) is 1. The van der Waals surface area contributed by atoms with E-state index >= 15 is 0 Å². The van der Waals surface area contributed by atoms with Crippen LogP contribution in [0.15, 0.2) is 23.4 Å². The van der Waals surface area contributed by atoms with Gasteiger partial charge in [0.25, 0.3) is 5.91 Å². The van der Waals surface area contributed by atoms with Gasteiger partial charge in [0.15, 0.2) is 11.5 Å². The molecular weight excluding hydrogens is 344 g/mol. The molecule has 2 fully saturated rings. The summed E-state index contributed by atoms with van der Waals surface area (Å²) in [5, 5.41) is 4.20. The van der Waals surface area contributed by atoms with Crippen molar-refractivity contribution in [1.29, 1.82) is 0 Å². The summed E-state index contributed by atoms with van der Waals surface area (Å²) in [5.41, 5.74) is 1.72. The molecule has 27 heavy (non-hydrogen) atoms. The maximum absolute atomic E-state index is 12.7. The Morgan fingerprint density at radius 1 is 1.11 bits per heavy atom. The van der Waals surface area contributed by atoms with Crippen LogP contribution in [0.3, 0.4) is 0 Å². The number of methoxy groups -OCH3 is 1. The van der Waals surface area contributed by atoms with E-state index < -0.39 is 6.10 Å². The van der Waals surface area contributed by atoms with E-state index in [4.69, 9.17) is 14.3 Å². The van der Waals surface area contributed by atoms with Gasteiger partial charge in [-0.1, -0.05) is 5.16 Å². The summed E-state index contributed by atoms with van der Waals surface area (Å²) in [5.74, 6) is 1.53. The first kappa shape index (κ1) is 18.1. The zero-order valence-corrected chi connectivity index (χ0v) is 16.0. The Labute approximate surface area is 160 Å². The van der Waals surface area contributed by atoms with Gasteiger partial charge in [-0.05, 0) is 63.1 Å².